The lowest BCUT2D eigenvalue weighted by Gasteiger charge is -2.36. The van der Waals surface area contributed by atoms with E-state index in [-0.39, 0.29) is 16.9 Å². The highest BCUT2D eigenvalue weighted by Gasteiger charge is 2.22. The minimum Gasteiger partial charge on any atom is -0.367 e. The minimum absolute atomic E-state index is 0.170. The third-order valence-electron chi connectivity index (χ3n) is 5.39. The number of nitrogens with one attached hydrogen (secondary N) is 2. The Morgan fingerprint density at radius 3 is 2.58 bits per heavy atom. The Kier molecular flexibility index (Phi) is 7.36. The molecule has 1 aromatic heterocycles. The van der Waals surface area contributed by atoms with Crippen molar-refractivity contribution in [2.75, 3.05) is 36.4 Å². The molecule has 1 aliphatic rings. The maximum absolute atomic E-state index is 12.5. The summed E-state index contributed by atoms with van der Waals surface area (Å²) in [7, 11) is 0. The van der Waals surface area contributed by atoms with Crippen molar-refractivity contribution < 1.29 is 9.59 Å². The molecule has 2 heterocycles. The van der Waals surface area contributed by atoms with Crippen molar-refractivity contribution >= 4 is 74.9 Å². The second-order valence-electron chi connectivity index (χ2n) is 7.66. The third kappa shape index (κ3) is 5.58. The molecule has 4 rings (SSSR count). The van der Waals surface area contributed by atoms with Gasteiger partial charge in [-0.3, -0.25) is 14.9 Å². The van der Waals surface area contributed by atoms with Crippen molar-refractivity contribution in [3.05, 3.63) is 47.0 Å². The van der Waals surface area contributed by atoms with Crippen LogP contribution < -0.4 is 15.5 Å². The molecular weight excluding hydrogens is 480 g/mol. The van der Waals surface area contributed by atoms with Gasteiger partial charge >= 0.3 is 0 Å². The summed E-state index contributed by atoms with van der Waals surface area (Å²) in [6.45, 7) is 4.85. The molecule has 33 heavy (non-hydrogen) atoms. The molecule has 0 saturated carbocycles. The molecule has 0 radical (unpaired) electrons. The van der Waals surface area contributed by atoms with E-state index in [4.69, 9.17) is 23.8 Å². The molecule has 1 aliphatic heterocycles. The Morgan fingerprint density at radius 2 is 1.85 bits per heavy atom. The average Bonchev–Trinajstić information content (AvgIpc) is 3.27. The van der Waals surface area contributed by atoms with Gasteiger partial charge in [0.1, 0.15) is 11.0 Å². The first-order valence-electron chi connectivity index (χ1n) is 10.6. The zero-order valence-electron chi connectivity index (χ0n) is 18.0. The van der Waals surface area contributed by atoms with Crippen LogP contribution in [0.4, 0.5) is 11.4 Å². The van der Waals surface area contributed by atoms with Gasteiger partial charge in [0.15, 0.2) is 5.11 Å². The third-order valence-corrected chi connectivity index (χ3v) is 6.45. The van der Waals surface area contributed by atoms with Crippen molar-refractivity contribution in [1.29, 1.82) is 0 Å². The quantitative estimate of drug-likeness (QED) is 0.511. The van der Waals surface area contributed by atoms with Gasteiger partial charge in [0, 0.05) is 43.9 Å². The molecule has 11 heteroatoms. The van der Waals surface area contributed by atoms with Gasteiger partial charge in [0.05, 0.1) is 22.4 Å². The van der Waals surface area contributed by atoms with E-state index in [1.54, 1.807) is 24.3 Å². The van der Waals surface area contributed by atoms with Crippen LogP contribution in [0.5, 0.6) is 0 Å². The van der Waals surface area contributed by atoms with Crippen LogP contribution in [-0.4, -0.2) is 56.8 Å². The van der Waals surface area contributed by atoms with Gasteiger partial charge in [0.25, 0.3) is 5.91 Å². The topological polar surface area (TPSA) is 90.5 Å². The molecule has 8 nitrogen and oxygen atoms in total. The molecular formula is C22H23ClN6O2S2. The number of nitrogens with zero attached hydrogens (tertiary/aromatic N) is 4. The van der Waals surface area contributed by atoms with Gasteiger partial charge in [-0.1, -0.05) is 18.5 Å². The molecule has 3 aromatic rings. The number of amides is 2. The molecule has 2 amide bonds. The molecule has 0 unspecified atom stereocenters. The van der Waals surface area contributed by atoms with Gasteiger partial charge in [-0.2, -0.15) is 8.75 Å². The van der Waals surface area contributed by atoms with E-state index in [9.17, 15) is 9.59 Å². The number of anilines is 2. The highest BCUT2D eigenvalue weighted by Crippen LogP contribution is 2.29. The number of rotatable bonds is 5. The van der Waals surface area contributed by atoms with Gasteiger partial charge < -0.3 is 15.1 Å². The lowest BCUT2D eigenvalue weighted by atomic mass is 10.2. The number of piperazine rings is 1. The van der Waals surface area contributed by atoms with E-state index in [0.717, 1.165) is 42.4 Å². The van der Waals surface area contributed by atoms with Gasteiger partial charge in [-0.05, 0) is 55.0 Å². The van der Waals surface area contributed by atoms with Crippen molar-refractivity contribution in [2.45, 2.75) is 19.8 Å². The van der Waals surface area contributed by atoms with Gasteiger partial charge in [-0.15, -0.1) is 0 Å². The van der Waals surface area contributed by atoms with Crippen molar-refractivity contribution in [3.63, 3.8) is 0 Å². The molecule has 0 atom stereocenters. The largest absolute Gasteiger partial charge is 0.367 e. The maximum atomic E-state index is 12.5. The number of hydrogen-bond donors (Lipinski definition) is 2. The summed E-state index contributed by atoms with van der Waals surface area (Å²) in [5.41, 5.74) is 3.45. The van der Waals surface area contributed by atoms with Crippen LogP contribution in [0.25, 0.3) is 11.0 Å². The van der Waals surface area contributed by atoms with Gasteiger partial charge in [-0.25, -0.2) is 0 Å². The smallest absolute Gasteiger partial charge is 0.257 e. The Hall–Kier alpha value is -2.82. The molecule has 2 N–H and O–H groups in total. The van der Waals surface area contributed by atoms with E-state index >= 15 is 0 Å². The second-order valence-corrected chi connectivity index (χ2v) is 9.00. The van der Waals surface area contributed by atoms with Crippen LogP contribution in [0.3, 0.4) is 0 Å². The summed E-state index contributed by atoms with van der Waals surface area (Å²) in [4.78, 5) is 28.7. The lowest BCUT2D eigenvalue weighted by Crippen LogP contribution is -2.48. The van der Waals surface area contributed by atoms with E-state index < -0.39 is 0 Å². The van der Waals surface area contributed by atoms with Crippen molar-refractivity contribution in [1.82, 2.24) is 19.0 Å². The van der Waals surface area contributed by atoms with Crippen LogP contribution in [0.1, 0.15) is 30.1 Å². The highest BCUT2D eigenvalue weighted by molar-refractivity contribution is 7.80. The van der Waals surface area contributed by atoms with Crippen molar-refractivity contribution in [3.8, 4) is 0 Å². The Labute approximate surface area is 206 Å². The second kappa shape index (κ2) is 10.4. The van der Waals surface area contributed by atoms with E-state index in [1.165, 1.54) is 0 Å². The first kappa shape index (κ1) is 23.3. The molecule has 0 aliphatic carbocycles. The standard InChI is InChI=1S/C22H23ClN6O2S2/c1-2-3-20(30)29-10-8-28(9-11-29)19-7-5-15(13-16(19)23)24-22(32)25-21(31)14-4-6-17-18(12-14)27-33-26-17/h4-7,12-13H,2-3,8-11H2,1H3,(H2,24,25,31,32). The van der Waals surface area contributed by atoms with Crippen LogP contribution >= 0.6 is 35.5 Å². The number of fused-ring (bicyclic) bond motifs is 1. The fourth-order valence-corrected chi connectivity index (χ4v) is 4.70. The van der Waals surface area contributed by atoms with Crippen LogP contribution in [-0.2, 0) is 4.79 Å². The number of hydrogen-bond acceptors (Lipinski definition) is 7. The first-order chi connectivity index (χ1) is 15.9. The molecule has 1 fully saturated rings. The lowest BCUT2D eigenvalue weighted by molar-refractivity contribution is -0.131. The van der Waals surface area contributed by atoms with E-state index in [1.807, 2.05) is 24.0 Å². The number of halogens is 1. The molecule has 172 valence electrons. The fraction of sp³-hybridized carbons (Fsp3) is 0.318. The zero-order valence-corrected chi connectivity index (χ0v) is 20.4. The monoisotopic (exact) mass is 502 g/mol. The van der Waals surface area contributed by atoms with Crippen LogP contribution in [0.2, 0.25) is 5.02 Å². The number of carbonyl (C=O) groups is 2. The number of carbonyl (C=O) groups excluding carboxylic acids is 2. The summed E-state index contributed by atoms with van der Waals surface area (Å²) in [6.07, 6.45) is 1.45. The van der Waals surface area contributed by atoms with Crippen LogP contribution in [0, 0.1) is 0 Å². The van der Waals surface area contributed by atoms with E-state index in [2.05, 4.69) is 24.3 Å². The Balaban J connectivity index is 1.33. The van der Waals surface area contributed by atoms with Crippen molar-refractivity contribution in [2.24, 2.45) is 0 Å². The zero-order chi connectivity index (χ0) is 23.4. The predicted octanol–water partition coefficient (Wildman–Crippen LogP) is 3.92. The Morgan fingerprint density at radius 1 is 1.09 bits per heavy atom. The summed E-state index contributed by atoms with van der Waals surface area (Å²) in [6, 6.07) is 10.7. The van der Waals surface area contributed by atoms with E-state index in [0.29, 0.717) is 41.3 Å². The number of thiocarbonyl (C=S) groups is 1. The van der Waals surface area contributed by atoms with Gasteiger partial charge in [0.2, 0.25) is 5.91 Å². The number of benzene rings is 2. The summed E-state index contributed by atoms with van der Waals surface area (Å²) >= 11 is 12.9. The SMILES string of the molecule is CCCC(=O)N1CCN(c2ccc(NC(=S)NC(=O)c3ccc4nsnc4c3)cc2Cl)CC1. The summed E-state index contributed by atoms with van der Waals surface area (Å²) in [5.74, 6) is -0.123. The fourth-order valence-electron chi connectivity index (χ4n) is 3.67. The molecule has 2 aromatic carbocycles. The minimum atomic E-state index is -0.333. The Bertz CT molecular complexity index is 1190. The van der Waals surface area contributed by atoms with Crippen LogP contribution in [0.15, 0.2) is 36.4 Å². The summed E-state index contributed by atoms with van der Waals surface area (Å²) in [5, 5.41) is 6.41. The maximum Gasteiger partial charge on any atom is 0.257 e. The normalized spacial score (nSPS) is 13.8. The molecule has 0 bridgehead atoms. The number of aromatic nitrogens is 2. The summed E-state index contributed by atoms with van der Waals surface area (Å²) < 4.78 is 8.28. The molecule has 1 saturated heterocycles. The first-order valence-corrected chi connectivity index (χ1v) is 12.1. The predicted molar refractivity (Wildman–Crippen MR) is 136 cm³/mol. The average molecular weight is 503 g/mol. The molecule has 0 spiro atoms. The highest BCUT2D eigenvalue weighted by atomic mass is 35.5.